The van der Waals surface area contributed by atoms with E-state index >= 15 is 0 Å². The SMILES string of the molecule is CNC(CSC(C)(C)C)c1ccccc1F. The molecule has 90 valence electrons. The number of benzene rings is 1. The Morgan fingerprint density at radius 2 is 1.94 bits per heavy atom. The van der Waals surface area contributed by atoms with Gasteiger partial charge < -0.3 is 5.32 Å². The molecule has 0 aliphatic rings. The summed E-state index contributed by atoms with van der Waals surface area (Å²) in [5, 5.41) is 3.17. The van der Waals surface area contributed by atoms with Gasteiger partial charge in [-0.2, -0.15) is 11.8 Å². The summed E-state index contributed by atoms with van der Waals surface area (Å²) < 4.78 is 13.8. The van der Waals surface area contributed by atoms with E-state index in [0.717, 1.165) is 11.3 Å². The number of halogens is 1. The quantitative estimate of drug-likeness (QED) is 0.864. The third kappa shape index (κ3) is 4.14. The number of thioether (sulfide) groups is 1. The second kappa shape index (κ2) is 5.69. The summed E-state index contributed by atoms with van der Waals surface area (Å²) in [7, 11) is 1.88. The lowest BCUT2D eigenvalue weighted by molar-refractivity contribution is 0.564. The lowest BCUT2D eigenvalue weighted by Crippen LogP contribution is -2.22. The Labute approximate surface area is 102 Å². The predicted octanol–water partition coefficient (Wildman–Crippen LogP) is 3.62. The Bertz CT molecular complexity index is 333. The molecule has 0 fully saturated rings. The molecule has 1 atom stereocenters. The van der Waals surface area contributed by atoms with Gasteiger partial charge in [0.1, 0.15) is 5.82 Å². The molecule has 0 aliphatic carbocycles. The molecule has 1 unspecified atom stereocenters. The van der Waals surface area contributed by atoms with Crippen molar-refractivity contribution in [3.8, 4) is 0 Å². The molecule has 0 radical (unpaired) electrons. The van der Waals surface area contributed by atoms with Crippen molar-refractivity contribution in [1.82, 2.24) is 5.32 Å². The molecule has 1 nitrogen and oxygen atoms in total. The zero-order valence-corrected chi connectivity index (χ0v) is 11.2. The molecule has 0 heterocycles. The summed E-state index contributed by atoms with van der Waals surface area (Å²) in [4.78, 5) is 0. The van der Waals surface area contributed by atoms with E-state index in [9.17, 15) is 4.39 Å². The van der Waals surface area contributed by atoms with Crippen LogP contribution in [0.15, 0.2) is 24.3 Å². The highest BCUT2D eigenvalue weighted by molar-refractivity contribution is 8.00. The maximum absolute atomic E-state index is 13.6. The highest BCUT2D eigenvalue weighted by atomic mass is 32.2. The van der Waals surface area contributed by atoms with Crippen LogP contribution in [0, 0.1) is 5.82 Å². The van der Waals surface area contributed by atoms with Crippen LogP contribution < -0.4 is 5.32 Å². The van der Waals surface area contributed by atoms with Gasteiger partial charge in [-0.05, 0) is 13.1 Å². The largest absolute Gasteiger partial charge is 0.312 e. The first-order chi connectivity index (χ1) is 7.44. The molecular formula is C13H20FNS. The minimum Gasteiger partial charge on any atom is -0.312 e. The van der Waals surface area contributed by atoms with Crippen LogP contribution in [0.1, 0.15) is 32.4 Å². The van der Waals surface area contributed by atoms with Crippen molar-refractivity contribution in [3.05, 3.63) is 35.6 Å². The van der Waals surface area contributed by atoms with E-state index in [2.05, 4.69) is 26.1 Å². The van der Waals surface area contributed by atoms with E-state index in [1.54, 1.807) is 6.07 Å². The van der Waals surface area contributed by atoms with E-state index < -0.39 is 0 Å². The highest BCUT2D eigenvalue weighted by Gasteiger charge is 2.17. The summed E-state index contributed by atoms with van der Waals surface area (Å²) in [6.45, 7) is 6.52. The van der Waals surface area contributed by atoms with Crippen LogP contribution in [0.4, 0.5) is 4.39 Å². The predicted molar refractivity (Wildman–Crippen MR) is 70.4 cm³/mol. The second-order valence-corrected chi connectivity index (χ2v) is 6.63. The summed E-state index contributed by atoms with van der Waals surface area (Å²) in [5.41, 5.74) is 0.752. The van der Waals surface area contributed by atoms with Crippen molar-refractivity contribution in [1.29, 1.82) is 0 Å². The van der Waals surface area contributed by atoms with Crippen LogP contribution >= 0.6 is 11.8 Å². The topological polar surface area (TPSA) is 12.0 Å². The van der Waals surface area contributed by atoms with Crippen molar-refractivity contribution in [2.75, 3.05) is 12.8 Å². The van der Waals surface area contributed by atoms with E-state index in [-0.39, 0.29) is 16.6 Å². The lowest BCUT2D eigenvalue weighted by Gasteiger charge is -2.23. The van der Waals surface area contributed by atoms with Crippen molar-refractivity contribution >= 4 is 11.8 Å². The van der Waals surface area contributed by atoms with E-state index in [0.29, 0.717) is 0 Å². The molecule has 0 saturated heterocycles. The Hall–Kier alpha value is -0.540. The molecule has 1 rings (SSSR count). The Balaban J connectivity index is 2.72. The first-order valence-electron chi connectivity index (χ1n) is 5.49. The molecule has 1 aromatic rings. The Morgan fingerprint density at radius 3 is 2.44 bits per heavy atom. The van der Waals surface area contributed by atoms with Gasteiger partial charge in [0.05, 0.1) is 0 Å². The van der Waals surface area contributed by atoms with Gasteiger partial charge >= 0.3 is 0 Å². The average Bonchev–Trinajstić information content (AvgIpc) is 2.20. The monoisotopic (exact) mass is 241 g/mol. The summed E-state index contributed by atoms with van der Waals surface area (Å²) >= 11 is 1.84. The maximum Gasteiger partial charge on any atom is 0.128 e. The van der Waals surface area contributed by atoms with E-state index in [4.69, 9.17) is 0 Å². The van der Waals surface area contributed by atoms with E-state index in [1.807, 2.05) is 30.9 Å². The van der Waals surface area contributed by atoms with Crippen LogP contribution in [0.5, 0.6) is 0 Å². The Morgan fingerprint density at radius 1 is 1.31 bits per heavy atom. The highest BCUT2D eigenvalue weighted by Crippen LogP contribution is 2.29. The first kappa shape index (κ1) is 13.5. The molecule has 1 aromatic carbocycles. The third-order valence-corrected chi connectivity index (χ3v) is 3.68. The molecule has 0 aromatic heterocycles. The molecule has 16 heavy (non-hydrogen) atoms. The number of nitrogens with one attached hydrogen (secondary N) is 1. The second-order valence-electron chi connectivity index (χ2n) is 4.79. The van der Waals surface area contributed by atoms with Crippen molar-refractivity contribution in [2.45, 2.75) is 31.6 Å². The average molecular weight is 241 g/mol. The van der Waals surface area contributed by atoms with Crippen molar-refractivity contribution in [3.63, 3.8) is 0 Å². The molecule has 3 heteroatoms. The van der Waals surface area contributed by atoms with Crippen LogP contribution in [0.3, 0.4) is 0 Å². The maximum atomic E-state index is 13.6. The zero-order chi connectivity index (χ0) is 12.2. The van der Waals surface area contributed by atoms with Gasteiger partial charge in [0.15, 0.2) is 0 Å². The van der Waals surface area contributed by atoms with Crippen molar-refractivity contribution in [2.24, 2.45) is 0 Å². The third-order valence-electron chi connectivity index (χ3n) is 2.31. The van der Waals surface area contributed by atoms with Crippen LogP contribution in [-0.4, -0.2) is 17.5 Å². The van der Waals surface area contributed by atoms with Gasteiger partial charge in [0.2, 0.25) is 0 Å². The summed E-state index contributed by atoms with van der Waals surface area (Å²) in [6.07, 6.45) is 0. The normalized spacial score (nSPS) is 13.8. The van der Waals surface area contributed by atoms with Crippen LogP contribution in [0.2, 0.25) is 0 Å². The molecule has 0 spiro atoms. The summed E-state index contributed by atoms with van der Waals surface area (Å²) in [5.74, 6) is 0.748. The fourth-order valence-corrected chi connectivity index (χ4v) is 2.43. The summed E-state index contributed by atoms with van der Waals surface area (Å²) in [6, 6.07) is 7.04. The number of hydrogen-bond donors (Lipinski definition) is 1. The van der Waals surface area contributed by atoms with Gasteiger partial charge in [-0.15, -0.1) is 0 Å². The number of rotatable bonds is 4. The van der Waals surface area contributed by atoms with Gasteiger partial charge in [-0.3, -0.25) is 0 Å². The molecule has 0 aliphatic heterocycles. The fraction of sp³-hybridized carbons (Fsp3) is 0.538. The Kier molecular flexibility index (Phi) is 4.81. The minimum atomic E-state index is -0.128. The minimum absolute atomic E-state index is 0.0745. The van der Waals surface area contributed by atoms with Gasteiger partial charge in [-0.1, -0.05) is 39.0 Å². The molecule has 1 N–H and O–H groups in total. The molecule has 0 bridgehead atoms. The van der Waals surface area contributed by atoms with Gasteiger partial charge in [-0.25, -0.2) is 4.39 Å². The van der Waals surface area contributed by atoms with Crippen LogP contribution in [0.25, 0.3) is 0 Å². The standard InChI is InChI=1S/C13H20FNS/c1-13(2,3)16-9-12(15-4)10-7-5-6-8-11(10)14/h5-8,12,15H,9H2,1-4H3. The zero-order valence-electron chi connectivity index (χ0n) is 10.4. The van der Waals surface area contributed by atoms with Crippen molar-refractivity contribution < 1.29 is 4.39 Å². The van der Waals surface area contributed by atoms with Gasteiger partial charge in [0, 0.05) is 22.1 Å². The molecular weight excluding hydrogens is 221 g/mol. The lowest BCUT2D eigenvalue weighted by atomic mass is 10.1. The van der Waals surface area contributed by atoms with E-state index in [1.165, 1.54) is 6.07 Å². The first-order valence-corrected chi connectivity index (χ1v) is 6.48. The van der Waals surface area contributed by atoms with Gasteiger partial charge in [0.25, 0.3) is 0 Å². The molecule has 0 saturated carbocycles. The number of hydrogen-bond acceptors (Lipinski definition) is 2. The van der Waals surface area contributed by atoms with Crippen LogP contribution in [-0.2, 0) is 0 Å². The smallest absolute Gasteiger partial charge is 0.128 e. The molecule has 0 amide bonds. The fourth-order valence-electron chi connectivity index (χ4n) is 1.42.